The van der Waals surface area contributed by atoms with Crippen LogP contribution in [0.3, 0.4) is 0 Å². The van der Waals surface area contributed by atoms with Crippen LogP contribution in [0.5, 0.6) is 0 Å². The van der Waals surface area contributed by atoms with Crippen molar-refractivity contribution in [2.24, 2.45) is 0 Å². The van der Waals surface area contributed by atoms with E-state index in [0.29, 0.717) is 5.15 Å². The lowest BCUT2D eigenvalue weighted by Crippen LogP contribution is -2.16. The summed E-state index contributed by atoms with van der Waals surface area (Å²) < 4.78 is 0. The highest BCUT2D eigenvalue weighted by Gasteiger charge is 2.26. The Labute approximate surface area is 118 Å². The number of fused-ring (bicyclic) bond motifs is 1. The van der Waals surface area contributed by atoms with E-state index >= 15 is 0 Å². The summed E-state index contributed by atoms with van der Waals surface area (Å²) in [6.07, 6.45) is 5.22. The monoisotopic (exact) mass is 273 g/mol. The number of pyridine rings is 1. The van der Waals surface area contributed by atoms with E-state index in [-0.39, 0.29) is 5.92 Å². The molecule has 1 atom stereocenters. The summed E-state index contributed by atoms with van der Waals surface area (Å²) in [6, 6.07) is 4.17. The van der Waals surface area contributed by atoms with Crippen molar-refractivity contribution in [3.05, 3.63) is 51.8 Å². The minimum absolute atomic E-state index is 0.254. The third-order valence-electron chi connectivity index (χ3n) is 3.76. The molecule has 0 radical (unpaired) electrons. The third-order valence-corrected chi connectivity index (χ3v) is 4.13. The first-order valence-electron chi connectivity index (χ1n) is 6.61. The molecular weight excluding hydrogens is 258 g/mol. The smallest absolute Gasteiger partial charge is 0.135 e. The zero-order valence-electron chi connectivity index (χ0n) is 11.2. The van der Waals surface area contributed by atoms with Crippen LogP contribution in [0.1, 0.15) is 47.1 Å². The van der Waals surface area contributed by atoms with Crippen LogP contribution >= 0.6 is 11.6 Å². The Morgan fingerprint density at radius 2 is 2.05 bits per heavy atom. The van der Waals surface area contributed by atoms with E-state index in [1.165, 1.54) is 12.0 Å². The highest BCUT2D eigenvalue weighted by Crippen LogP contribution is 2.36. The van der Waals surface area contributed by atoms with Gasteiger partial charge in [-0.15, -0.1) is 0 Å². The molecule has 0 aromatic carbocycles. The van der Waals surface area contributed by atoms with E-state index in [0.717, 1.165) is 35.6 Å². The zero-order valence-corrected chi connectivity index (χ0v) is 11.9. The molecule has 0 amide bonds. The topological polar surface area (TPSA) is 38.7 Å². The Morgan fingerprint density at radius 3 is 2.89 bits per heavy atom. The van der Waals surface area contributed by atoms with Crippen LogP contribution < -0.4 is 0 Å². The molecule has 0 saturated heterocycles. The molecule has 4 heteroatoms. The molecule has 0 bridgehead atoms. The first-order chi connectivity index (χ1) is 9.16. The number of halogens is 1. The summed E-state index contributed by atoms with van der Waals surface area (Å²) >= 11 is 6.19. The van der Waals surface area contributed by atoms with Gasteiger partial charge in [-0.05, 0) is 44.7 Å². The normalized spacial score (nSPS) is 18.2. The molecule has 3 rings (SSSR count). The van der Waals surface area contributed by atoms with Crippen LogP contribution in [-0.4, -0.2) is 15.0 Å². The molecule has 98 valence electrons. The zero-order chi connectivity index (χ0) is 13.4. The van der Waals surface area contributed by atoms with E-state index in [4.69, 9.17) is 11.6 Å². The van der Waals surface area contributed by atoms with Crippen molar-refractivity contribution in [1.82, 2.24) is 15.0 Å². The Kier molecular flexibility index (Phi) is 3.23. The second kappa shape index (κ2) is 4.89. The van der Waals surface area contributed by atoms with Gasteiger partial charge in [-0.1, -0.05) is 17.7 Å². The Bertz CT molecular complexity index is 625. The van der Waals surface area contributed by atoms with Crippen LogP contribution in [0, 0.1) is 13.8 Å². The average Bonchev–Trinajstić information content (AvgIpc) is 2.42. The predicted octanol–water partition coefficient (Wildman–Crippen LogP) is 3.61. The van der Waals surface area contributed by atoms with Crippen LogP contribution in [0.4, 0.5) is 0 Å². The summed E-state index contributed by atoms with van der Waals surface area (Å²) in [5.74, 6) is 0.984. The fourth-order valence-electron chi connectivity index (χ4n) is 2.83. The third kappa shape index (κ3) is 2.23. The first kappa shape index (κ1) is 12.5. The second-order valence-corrected chi connectivity index (χ2v) is 5.42. The number of hydrogen-bond donors (Lipinski definition) is 0. The fourth-order valence-corrected chi connectivity index (χ4v) is 3.05. The van der Waals surface area contributed by atoms with Gasteiger partial charge in [0.05, 0.1) is 11.4 Å². The first-order valence-corrected chi connectivity index (χ1v) is 6.99. The van der Waals surface area contributed by atoms with Crippen molar-refractivity contribution in [2.75, 3.05) is 0 Å². The minimum Gasteiger partial charge on any atom is -0.260 e. The average molecular weight is 274 g/mol. The summed E-state index contributed by atoms with van der Waals surface area (Å²) in [5, 5.41) is 0.561. The molecule has 19 heavy (non-hydrogen) atoms. The van der Waals surface area contributed by atoms with Gasteiger partial charge in [0.15, 0.2) is 0 Å². The van der Waals surface area contributed by atoms with Crippen molar-refractivity contribution in [2.45, 2.75) is 39.0 Å². The molecule has 3 nitrogen and oxygen atoms in total. The quantitative estimate of drug-likeness (QED) is 0.745. The van der Waals surface area contributed by atoms with Gasteiger partial charge in [-0.25, -0.2) is 9.97 Å². The van der Waals surface area contributed by atoms with Gasteiger partial charge in [0.1, 0.15) is 11.0 Å². The number of rotatable bonds is 1. The van der Waals surface area contributed by atoms with Gasteiger partial charge in [0.2, 0.25) is 0 Å². The molecule has 0 aliphatic heterocycles. The molecule has 0 spiro atoms. The Balaban J connectivity index is 2.14. The molecule has 1 aliphatic rings. The van der Waals surface area contributed by atoms with E-state index in [1.807, 2.05) is 26.1 Å². The van der Waals surface area contributed by atoms with Crippen molar-refractivity contribution in [3.63, 3.8) is 0 Å². The molecule has 0 fully saturated rings. The lowest BCUT2D eigenvalue weighted by molar-refractivity contribution is 0.582. The van der Waals surface area contributed by atoms with Gasteiger partial charge >= 0.3 is 0 Å². The number of hydrogen-bond acceptors (Lipinski definition) is 3. The maximum Gasteiger partial charge on any atom is 0.135 e. The highest BCUT2D eigenvalue weighted by atomic mass is 35.5. The maximum absolute atomic E-state index is 6.19. The van der Waals surface area contributed by atoms with E-state index in [9.17, 15) is 0 Å². The largest absolute Gasteiger partial charge is 0.260 e. The van der Waals surface area contributed by atoms with Gasteiger partial charge in [0, 0.05) is 17.7 Å². The van der Waals surface area contributed by atoms with Gasteiger partial charge in [0.25, 0.3) is 0 Å². The van der Waals surface area contributed by atoms with Crippen LogP contribution in [0.15, 0.2) is 18.3 Å². The van der Waals surface area contributed by atoms with E-state index < -0.39 is 0 Å². The van der Waals surface area contributed by atoms with Crippen LogP contribution in [0.25, 0.3) is 0 Å². The molecule has 0 saturated carbocycles. The molecule has 0 N–H and O–H groups in total. The Hall–Kier alpha value is -1.48. The molecular formula is C15H16ClN3. The fraction of sp³-hybridized carbons (Fsp3) is 0.400. The standard InChI is InChI=1S/C15H16ClN3/c1-9-13(18-10(2)19-15(9)16)12-7-3-5-11-6-4-8-17-14(11)12/h4,6,8,12H,3,5,7H2,1-2H3. The van der Waals surface area contributed by atoms with Crippen molar-refractivity contribution in [1.29, 1.82) is 0 Å². The molecule has 1 aliphatic carbocycles. The highest BCUT2D eigenvalue weighted by molar-refractivity contribution is 6.30. The van der Waals surface area contributed by atoms with Crippen molar-refractivity contribution < 1.29 is 0 Å². The predicted molar refractivity (Wildman–Crippen MR) is 75.5 cm³/mol. The molecule has 1 unspecified atom stereocenters. The Morgan fingerprint density at radius 1 is 1.21 bits per heavy atom. The van der Waals surface area contributed by atoms with Crippen molar-refractivity contribution in [3.8, 4) is 0 Å². The number of nitrogens with zero attached hydrogens (tertiary/aromatic N) is 3. The van der Waals surface area contributed by atoms with E-state index in [2.05, 4.69) is 21.0 Å². The molecule has 2 aromatic heterocycles. The second-order valence-electron chi connectivity index (χ2n) is 5.06. The van der Waals surface area contributed by atoms with Gasteiger partial charge < -0.3 is 0 Å². The lowest BCUT2D eigenvalue weighted by Gasteiger charge is -2.25. The summed E-state index contributed by atoms with van der Waals surface area (Å²) in [5.41, 5.74) is 4.52. The summed E-state index contributed by atoms with van der Waals surface area (Å²) in [4.78, 5) is 13.4. The van der Waals surface area contributed by atoms with Gasteiger partial charge in [-0.2, -0.15) is 0 Å². The van der Waals surface area contributed by atoms with Crippen molar-refractivity contribution >= 4 is 11.6 Å². The van der Waals surface area contributed by atoms with Gasteiger partial charge in [-0.3, -0.25) is 4.98 Å². The van der Waals surface area contributed by atoms with Crippen LogP contribution in [-0.2, 0) is 6.42 Å². The summed E-state index contributed by atoms with van der Waals surface area (Å²) in [7, 11) is 0. The maximum atomic E-state index is 6.19. The lowest BCUT2D eigenvalue weighted by atomic mass is 9.83. The minimum atomic E-state index is 0.254. The number of aromatic nitrogens is 3. The molecule has 2 heterocycles. The SMILES string of the molecule is Cc1nc(Cl)c(C)c(C2CCCc3cccnc32)n1. The number of aryl methyl sites for hydroxylation is 2. The summed E-state index contributed by atoms with van der Waals surface area (Å²) in [6.45, 7) is 3.88. The molecule has 2 aromatic rings. The van der Waals surface area contributed by atoms with E-state index in [1.54, 1.807) is 0 Å². The van der Waals surface area contributed by atoms with Crippen LogP contribution in [0.2, 0.25) is 5.15 Å².